The Balaban J connectivity index is 2.20. The fraction of sp³-hybridized carbons (Fsp3) is 0.933. The summed E-state index contributed by atoms with van der Waals surface area (Å²) in [5.74, 6) is 1.14. The van der Waals surface area contributed by atoms with E-state index in [1.807, 2.05) is 6.92 Å². The summed E-state index contributed by atoms with van der Waals surface area (Å²) < 4.78 is 11.3. The Hall–Kier alpha value is -0.0600. The molecule has 0 unspecified atom stereocenters. The minimum Gasteiger partial charge on any atom is -0.345 e. The molecule has 1 saturated heterocycles. The van der Waals surface area contributed by atoms with Crippen LogP contribution in [0.2, 0.25) is 0 Å². The molecule has 19 heavy (non-hydrogen) atoms. The van der Waals surface area contributed by atoms with Gasteiger partial charge in [0.1, 0.15) is 0 Å². The summed E-state index contributed by atoms with van der Waals surface area (Å²) in [5, 5.41) is 0.317. The van der Waals surface area contributed by atoms with Crippen molar-refractivity contribution in [2.45, 2.75) is 76.9 Å². The third kappa shape index (κ3) is 6.77. The Morgan fingerprint density at radius 2 is 2.16 bits per heavy atom. The highest BCUT2D eigenvalue weighted by molar-refractivity contribution is 7.99. The van der Waals surface area contributed by atoms with Gasteiger partial charge in [0.2, 0.25) is 6.29 Å². The number of ketones is 1. The van der Waals surface area contributed by atoms with Gasteiger partial charge in [-0.05, 0) is 19.1 Å². The smallest absolute Gasteiger partial charge is 0.218 e. The highest BCUT2D eigenvalue weighted by Gasteiger charge is 2.31. The molecule has 0 aromatic heterocycles. The van der Waals surface area contributed by atoms with Crippen molar-refractivity contribution >= 4 is 17.5 Å². The number of ether oxygens (including phenoxy) is 2. The zero-order valence-electron chi connectivity index (χ0n) is 12.5. The molecule has 0 N–H and O–H groups in total. The summed E-state index contributed by atoms with van der Waals surface area (Å²) in [4.78, 5) is 11.9. The molecule has 0 aromatic rings. The summed E-state index contributed by atoms with van der Waals surface area (Å²) in [6, 6.07) is 0. The molecule has 0 saturated carbocycles. The quantitative estimate of drug-likeness (QED) is 0.605. The molecule has 1 fully saturated rings. The van der Waals surface area contributed by atoms with Gasteiger partial charge in [0.25, 0.3) is 0 Å². The topological polar surface area (TPSA) is 35.5 Å². The summed E-state index contributed by atoms with van der Waals surface area (Å²) >= 11 is 1.79. The third-order valence-corrected chi connectivity index (χ3v) is 4.46. The van der Waals surface area contributed by atoms with Crippen LogP contribution in [0, 0.1) is 0 Å². The Kier molecular flexibility index (Phi) is 8.75. The Morgan fingerprint density at radius 3 is 2.79 bits per heavy atom. The molecule has 1 aliphatic rings. The van der Waals surface area contributed by atoms with Crippen LogP contribution in [0.5, 0.6) is 0 Å². The zero-order chi connectivity index (χ0) is 14.1. The zero-order valence-corrected chi connectivity index (χ0v) is 13.3. The molecule has 0 aromatic carbocycles. The van der Waals surface area contributed by atoms with Crippen molar-refractivity contribution in [3.05, 3.63) is 0 Å². The molecule has 0 radical (unpaired) electrons. The lowest BCUT2D eigenvalue weighted by Gasteiger charge is -2.29. The van der Waals surface area contributed by atoms with Crippen molar-refractivity contribution in [1.82, 2.24) is 0 Å². The predicted octanol–water partition coefficient (Wildman–Crippen LogP) is 3.80. The average molecular weight is 288 g/mol. The van der Waals surface area contributed by atoms with Crippen molar-refractivity contribution in [3.8, 4) is 0 Å². The van der Waals surface area contributed by atoms with Crippen LogP contribution in [0.1, 0.15) is 59.3 Å². The first-order valence-electron chi connectivity index (χ1n) is 7.58. The van der Waals surface area contributed by atoms with Crippen molar-refractivity contribution in [2.24, 2.45) is 0 Å². The van der Waals surface area contributed by atoms with E-state index in [1.54, 1.807) is 11.8 Å². The van der Waals surface area contributed by atoms with Gasteiger partial charge in [-0.2, -0.15) is 11.8 Å². The standard InChI is InChI=1S/C15H28O3S/c1-4-6-7-8-9-12(3)18-15-14(16)10-13(11-17-15)19-5-2/h12-13,15H,4-11H2,1-3H3/t12-,13-,15-/m0/s1. The van der Waals surface area contributed by atoms with Crippen molar-refractivity contribution in [2.75, 3.05) is 12.4 Å². The van der Waals surface area contributed by atoms with Crippen LogP contribution in [0.3, 0.4) is 0 Å². The van der Waals surface area contributed by atoms with Crippen LogP contribution < -0.4 is 0 Å². The van der Waals surface area contributed by atoms with E-state index in [1.165, 1.54) is 25.7 Å². The fourth-order valence-electron chi connectivity index (χ4n) is 2.26. The molecule has 0 amide bonds. The van der Waals surface area contributed by atoms with Gasteiger partial charge in [0.05, 0.1) is 12.7 Å². The van der Waals surface area contributed by atoms with Gasteiger partial charge in [0, 0.05) is 11.7 Å². The number of unbranched alkanes of at least 4 members (excludes halogenated alkanes) is 3. The van der Waals surface area contributed by atoms with Crippen LogP contribution in [-0.4, -0.2) is 35.8 Å². The first-order chi connectivity index (χ1) is 9.17. The van der Waals surface area contributed by atoms with Crippen molar-refractivity contribution in [3.63, 3.8) is 0 Å². The molecule has 4 heteroatoms. The lowest BCUT2D eigenvalue weighted by Crippen LogP contribution is -2.40. The monoisotopic (exact) mass is 288 g/mol. The number of rotatable bonds is 9. The Morgan fingerprint density at radius 1 is 1.37 bits per heavy atom. The van der Waals surface area contributed by atoms with Gasteiger partial charge >= 0.3 is 0 Å². The maximum Gasteiger partial charge on any atom is 0.218 e. The maximum absolute atomic E-state index is 11.9. The van der Waals surface area contributed by atoms with E-state index in [4.69, 9.17) is 9.47 Å². The number of carbonyl (C=O) groups excluding carboxylic acids is 1. The van der Waals surface area contributed by atoms with E-state index in [-0.39, 0.29) is 11.9 Å². The number of thioether (sulfide) groups is 1. The fourth-order valence-corrected chi connectivity index (χ4v) is 3.19. The SMILES string of the molecule is CCCCCC[C@H](C)O[C@@H]1OC[C@@H](SCC)CC1=O. The third-order valence-electron chi connectivity index (χ3n) is 3.35. The van der Waals surface area contributed by atoms with Gasteiger partial charge in [-0.15, -0.1) is 0 Å². The highest BCUT2D eigenvalue weighted by atomic mass is 32.2. The number of hydrogen-bond acceptors (Lipinski definition) is 4. The molecule has 112 valence electrons. The van der Waals surface area contributed by atoms with E-state index in [2.05, 4.69) is 13.8 Å². The summed E-state index contributed by atoms with van der Waals surface area (Å²) in [5.41, 5.74) is 0. The number of carbonyl (C=O) groups is 1. The first-order valence-corrected chi connectivity index (χ1v) is 8.63. The second-order valence-electron chi connectivity index (χ2n) is 5.21. The summed E-state index contributed by atoms with van der Waals surface area (Å²) in [6.45, 7) is 6.99. The lowest BCUT2D eigenvalue weighted by molar-refractivity contribution is -0.190. The van der Waals surface area contributed by atoms with E-state index in [9.17, 15) is 4.79 Å². The first kappa shape index (κ1) is 17.0. The van der Waals surface area contributed by atoms with Gasteiger partial charge < -0.3 is 9.47 Å². The van der Waals surface area contributed by atoms with Crippen LogP contribution in [0.25, 0.3) is 0 Å². The minimum atomic E-state index is -0.616. The van der Waals surface area contributed by atoms with Crippen LogP contribution in [0.15, 0.2) is 0 Å². The molecular formula is C15H28O3S. The van der Waals surface area contributed by atoms with Gasteiger partial charge in [0.15, 0.2) is 5.78 Å². The van der Waals surface area contributed by atoms with Gasteiger partial charge in [-0.3, -0.25) is 4.79 Å². The second-order valence-corrected chi connectivity index (χ2v) is 6.79. The molecule has 1 heterocycles. The summed E-state index contributed by atoms with van der Waals surface area (Å²) in [7, 11) is 0. The Bertz CT molecular complexity index is 258. The van der Waals surface area contributed by atoms with Crippen LogP contribution >= 0.6 is 11.8 Å². The summed E-state index contributed by atoms with van der Waals surface area (Å²) in [6.07, 6.45) is 6.04. The molecule has 0 bridgehead atoms. The second kappa shape index (κ2) is 9.78. The lowest BCUT2D eigenvalue weighted by atomic mass is 10.1. The largest absolute Gasteiger partial charge is 0.345 e. The molecule has 0 aliphatic carbocycles. The normalized spacial score (nSPS) is 25.5. The molecule has 1 aliphatic heterocycles. The Labute approximate surface area is 121 Å². The highest BCUT2D eigenvalue weighted by Crippen LogP contribution is 2.23. The maximum atomic E-state index is 11.9. The average Bonchev–Trinajstić information content (AvgIpc) is 2.38. The predicted molar refractivity (Wildman–Crippen MR) is 80.6 cm³/mol. The van der Waals surface area contributed by atoms with E-state index in [0.29, 0.717) is 18.3 Å². The molecule has 0 spiro atoms. The molecule has 3 atom stereocenters. The number of Topliss-reactive ketones (excluding diaryl/α,β-unsaturated/α-hetero) is 1. The van der Waals surface area contributed by atoms with Crippen LogP contribution in [-0.2, 0) is 14.3 Å². The van der Waals surface area contributed by atoms with Gasteiger partial charge in [-0.25, -0.2) is 0 Å². The molecule has 3 nitrogen and oxygen atoms in total. The minimum absolute atomic E-state index is 0.109. The van der Waals surface area contributed by atoms with E-state index < -0.39 is 6.29 Å². The van der Waals surface area contributed by atoms with Crippen LogP contribution in [0.4, 0.5) is 0 Å². The van der Waals surface area contributed by atoms with Crippen molar-refractivity contribution < 1.29 is 14.3 Å². The number of hydrogen-bond donors (Lipinski definition) is 0. The molecular weight excluding hydrogens is 260 g/mol. The van der Waals surface area contributed by atoms with Crippen molar-refractivity contribution in [1.29, 1.82) is 0 Å². The van der Waals surface area contributed by atoms with Gasteiger partial charge in [-0.1, -0.05) is 39.5 Å². The van der Waals surface area contributed by atoms with E-state index >= 15 is 0 Å². The van der Waals surface area contributed by atoms with E-state index in [0.717, 1.165) is 12.2 Å². The molecule has 1 rings (SSSR count).